The summed E-state index contributed by atoms with van der Waals surface area (Å²) in [5, 5.41) is 3.20. The van der Waals surface area contributed by atoms with Gasteiger partial charge in [0.1, 0.15) is 7.85 Å². The van der Waals surface area contributed by atoms with E-state index >= 15 is 0 Å². The summed E-state index contributed by atoms with van der Waals surface area (Å²) in [5.74, 6) is 0. The number of allylic oxidation sites excluding steroid dienone is 3. The molecular weight excluding hydrogens is 145 g/mol. The fourth-order valence-electron chi connectivity index (χ4n) is 0.733. The van der Waals surface area contributed by atoms with Gasteiger partial charge in [-0.2, -0.15) is 0 Å². The molecule has 0 aromatic rings. The third-order valence-corrected chi connectivity index (χ3v) is 2.14. The first-order valence-electron chi connectivity index (χ1n) is 4.55. The van der Waals surface area contributed by atoms with E-state index in [4.69, 9.17) is 0 Å². The third kappa shape index (κ3) is 5.19. The predicted molar refractivity (Wildman–Crippen MR) is 59.2 cm³/mol. The van der Waals surface area contributed by atoms with E-state index in [0.717, 1.165) is 6.42 Å². The number of nitrogens with one attached hydrogen (secondary N) is 1. The molecular formula is C10H20BN. The minimum absolute atomic E-state index is 0.575. The van der Waals surface area contributed by atoms with E-state index in [9.17, 15) is 0 Å². The van der Waals surface area contributed by atoms with Gasteiger partial charge in [0.25, 0.3) is 0 Å². The van der Waals surface area contributed by atoms with Crippen molar-refractivity contribution < 1.29 is 0 Å². The van der Waals surface area contributed by atoms with E-state index in [1.807, 2.05) is 7.05 Å². The maximum Gasteiger partial charge on any atom is 0.139 e. The Bertz CT molecular complexity index is 178. The summed E-state index contributed by atoms with van der Waals surface area (Å²) < 4.78 is 0. The van der Waals surface area contributed by atoms with E-state index in [-0.39, 0.29) is 0 Å². The zero-order chi connectivity index (χ0) is 9.56. The minimum atomic E-state index is 0.575. The first kappa shape index (κ1) is 11.5. The standard InChI is InChI=1S/C10H20BN/c1-8(2)10(11)7-5-6-9(3)12-4/h5,7,9,12H,6,11H2,1-4H3/b7-5-. The van der Waals surface area contributed by atoms with Crippen molar-refractivity contribution >= 4 is 7.85 Å². The Labute approximate surface area is 77.3 Å². The van der Waals surface area contributed by atoms with E-state index in [1.165, 1.54) is 11.0 Å². The van der Waals surface area contributed by atoms with Gasteiger partial charge in [-0.3, -0.25) is 0 Å². The Morgan fingerprint density at radius 2 is 2.08 bits per heavy atom. The van der Waals surface area contributed by atoms with Gasteiger partial charge in [-0.1, -0.05) is 23.2 Å². The largest absolute Gasteiger partial charge is 0.317 e. The second-order valence-corrected chi connectivity index (χ2v) is 3.51. The van der Waals surface area contributed by atoms with Gasteiger partial charge in [0, 0.05) is 6.04 Å². The van der Waals surface area contributed by atoms with Crippen LogP contribution in [0, 0.1) is 0 Å². The van der Waals surface area contributed by atoms with Crippen molar-refractivity contribution in [2.45, 2.75) is 33.2 Å². The molecule has 0 aliphatic carbocycles. The Kier molecular flexibility index (Phi) is 5.82. The van der Waals surface area contributed by atoms with Crippen LogP contribution >= 0.6 is 0 Å². The molecule has 2 heteroatoms. The Balaban J connectivity index is 3.85. The molecule has 0 saturated carbocycles. The SMILES string of the molecule is BC(/C=C\CC(C)NC)=C(C)C. The summed E-state index contributed by atoms with van der Waals surface area (Å²) in [7, 11) is 4.14. The molecule has 0 fully saturated rings. The summed E-state index contributed by atoms with van der Waals surface area (Å²) in [6.07, 6.45) is 5.52. The van der Waals surface area contributed by atoms with Gasteiger partial charge in [0.15, 0.2) is 0 Å². The Morgan fingerprint density at radius 3 is 2.50 bits per heavy atom. The molecule has 1 unspecified atom stereocenters. The average Bonchev–Trinajstić information content (AvgIpc) is 2.03. The van der Waals surface area contributed by atoms with Crippen LogP contribution in [-0.4, -0.2) is 20.9 Å². The highest BCUT2D eigenvalue weighted by Crippen LogP contribution is 2.01. The summed E-state index contributed by atoms with van der Waals surface area (Å²) in [4.78, 5) is 0. The lowest BCUT2D eigenvalue weighted by Crippen LogP contribution is -2.19. The van der Waals surface area contributed by atoms with Crippen molar-refractivity contribution in [3.8, 4) is 0 Å². The van der Waals surface area contributed by atoms with Crippen molar-refractivity contribution in [2.24, 2.45) is 0 Å². The van der Waals surface area contributed by atoms with E-state index < -0.39 is 0 Å². The van der Waals surface area contributed by atoms with Crippen molar-refractivity contribution in [3.05, 3.63) is 23.2 Å². The fraction of sp³-hybridized carbons (Fsp3) is 0.600. The van der Waals surface area contributed by atoms with Crippen LogP contribution in [-0.2, 0) is 0 Å². The second kappa shape index (κ2) is 6.07. The van der Waals surface area contributed by atoms with Crippen molar-refractivity contribution in [1.82, 2.24) is 5.32 Å². The highest BCUT2D eigenvalue weighted by atomic mass is 14.8. The highest BCUT2D eigenvalue weighted by molar-refractivity contribution is 6.23. The van der Waals surface area contributed by atoms with Gasteiger partial charge in [-0.05, 0) is 34.2 Å². The average molecular weight is 165 g/mol. The molecule has 68 valence electrons. The van der Waals surface area contributed by atoms with Crippen LogP contribution in [0.1, 0.15) is 27.2 Å². The summed E-state index contributed by atoms with van der Waals surface area (Å²) in [5.41, 5.74) is 2.77. The summed E-state index contributed by atoms with van der Waals surface area (Å²) in [6, 6.07) is 0.575. The zero-order valence-corrected chi connectivity index (χ0v) is 8.94. The van der Waals surface area contributed by atoms with E-state index in [1.54, 1.807) is 0 Å². The van der Waals surface area contributed by atoms with Gasteiger partial charge < -0.3 is 5.32 Å². The van der Waals surface area contributed by atoms with Crippen LogP contribution < -0.4 is 5.32 Å². The van der Waals surface area contributed by atoms with Crippen LogP contribution in [0.3, 0.4) is 0 Å². The molecule has 1 atom stereocenters. The number of hydrogen-bond donors (Lipinski definition) is 1. The predicted octanol–water partition coefficient (Wildman–Crippen LogP) is 1.47. The molecule has 0 aliphatic rings. The van der Waals surface area contributed by atoms with Crippen LogP contribution in [0.5, 0.6) is 0 Å². The number of hydrogen-bond acceptors (Lipinski definition) is 1. The highest BCUT2D eigenvalue weighted by Gasteiger charge is 1.92. The van der Waals surface area contributed by atoms with E-state index in [0.29, 0.717) is 6.04 Å². The fourth-order valence-corrected chi connectivity index (χ4v) is 0.733. The van der Waals surface area contributed by atoms with E-state index in [2.05, 4.69) is 46.1 Å². The molecule has 0 heterocycles. The van der Waals surface area contributed by atoms with Crippen molar-refractivity contribution in [1.29, 1.82) is 0 Å². The quantitative estimate of drug-likeness (QED) is 0.491. The van der Waals surface area contributed by atoms with Crippen molar-refractivity contribution in [3.63, 3.8) is 0 Å². The van der Waals surface area contributed by atoms with Gasteiger partial charge in [0.2, 0.25) is 0 Å². The Hall–Kier alpha value is -0.495. The summed E-state index contributed by atoms with van der Waals surface area (Å²) in [6.45, 7) is 6.46. The minimum Gasteiger partial charge on any atom is -0.317 e. The molecule has 0 spiro atoms. The maximum atomic E-state index is 3.20. The van der Waals surface area contributed by atoms with Crippen LogP contribution in [0.25, 0.3) is 0 Å². The third-order valence-electron chi connectivity index (χ3n) is 2.14. The molecule has 0 aromatic heterocycles. The summed E-state index contributed by atoms with van der Waals surface area (Å²) >= 11 is 0. The van der Waals surface area contributed by atoms with Crippen LogP contribution in [0.15, 0.2) is 23.2 Å². The maximum absolute atomic E-state index is 3.20. The van der Waals surface area contributed by atoms with Crippen LogP contribution in [0.4, 0.5) is 0 Å². The molecule has 12 heavy (non-hydrogen) atoms. The molecule has 0 aliphatic heterocycles. The topological polar surface area (TPSA) is 12.0 Å². The molecule has 0 aromatic carbocycles. The first-order valence-corrected chi connectivity index (χ1v) is 4.55. The molecule has 0 amide bonds. The number of rotatable bonds is 4. The molecule has 0 bridgehead atoms. The van der Waals surface area contributed by atoms with Gasteiger partial charge >= 0.3 is 0 Å². The van der Waals surface area contributed by atoms with Crippen LogP contribution in [0.2, 0.25) is 0 Å². The van der Waals surface area contributed by atoms with Gasteiger partial charge in [-0.25, -0.2) is 0 Å². The van der Waals surface area contributed by atoms with Gasteiger partial charge in [0.05, 0.1) is 0 Å². The lowest BCUT2D eigenvalue weighted by molar-refractivity contribution is 0.620. The molecule has 0 rings (SSSR count). The lowest BCUT2D eigenvalue weighted by Gasteiger charge is -2.05. The van der Waals surface area contributed by atoms with Crippen molar-refractivity contribution in [2.75, 3.05) is 7.05 Å². The normalized spacial score (nSPS) is 13.3. The molecule has 1 N–H and O–H groups in total. The monoisotopic (exact) mass is 165 g/mol. The lowest BCUT2D eigenvalue weighted by atomic mass is 9.91. The molecule has 0 radical (unpaired) electrons. The first-order chi connectivity index (χ1) is 5.57. The second-order valence-electron chi connectivity index (χ2n) is 3.51. The molecule has 1 nitrogen and oxygen atoms in total. The smallest absolute Gasteiger partial charge is 0.139 e. The zero-order valence-electron chi connectivity index (χ0n) is 8.94. The molecule has 0 saturated heterocycles. The van der Waals surface area contributed by atoms with Gasteiger partial charge in [-0.15, -0.1) is 0 Å². The Morgan fingerprint density at radius 1 is 1.50 bits per heavy atom.